The van der Waals surface area contributed by atoms with Gasteiger partial charge in [0.15, 0.2) is 0 Å². The zero-order valence-corrected chi connectivity index (χ0v) is 19.1. The van der Waals surface area contributed by atoms with E-state index < -0.39 is 5.97 Å². The summed E-state index contributed by atoms with van der Waals surface area (Å²) in [6.07, 6.45) is 6.24. The first-order valence-corrected chi connectivity index (χ1v) is 12.4. The molecule has 2 heterocycles. The average molecular weight is 464 g/mol. The Kier molecular flexibility index (Phi) is 6.22. The maximum Gasteiger partial charge on any atom is 0.374 e. The van der Waals surface area contributed by atoms with E-state index >= 15 is 0 Å². The van der Waals surface area contributed by atoms with Crippen LogP contribution in [0, 0.1) is 0 Å². The topological polar surface area (TPSA) is 76.8 Å². The lowest BCUT2D eigenvalue weighted by Gasteiger charge is -2.20. The molecule has 170 valence electrons. The van der Waals surface area contributed by atoms with E-state index in [1.807, 2.05) is 36.0 Å². The molecule has 2 aliphatic rings. The van der Waals surface area contributed by atoms with E-state index in [0.717, 1.165) is 15.8 Å². The van der Waals surface area contributed by atoms with Crippen molar-refractivity contribution in [1.82, 2.24) is 4.90 Å². The third-order valence-electron chi connectivity index (χ3n) is 6.33. The van der Waals surface area contributed by atoms with Gasteiger partial charge in [-0.15, -0.1) is 0 Å². The minimum atomic E-state index is -0.568. The summed E-state index contributed by atoms with van der Waals surface area (Å²) < 4.78 is 11.3. The number of nitrogens with zero attached hydrogens (tertiary/aromatic N) is 1. The molecule has 3 aromatic rings. The third-order valence-corrected chi connectivity index (χ3v) is 7.72. The minimum absolute atomic E-state index is 0.00444. The first-order valence-electron chi connectivity index (χ1n) is 11.4. The van der Waals surface area contributed by atoms with Gasteiger partial charge in [-0.05, 0) is 31.0 Å². The van der Waals surface area contributed by atoms with Crippen LogP contribution < -0.4 is 0 Å². The molecule has 0 bridgehead atoms. The number of thioether (sulfide) groups is 1. The Balaban J connectivity index is 1.26. The predicted octanol–water partition coefficient (Wildman–Crippen LogP) is 5.45. The summed E-state index contributed by atoms with van der Waals surface area (Å²) in [6, 6.07) is 14.3. The van der Waals surface area contributed by atoms with Crippen LogP contribution in [0.15, 0.2) is 52.9 Å². The second kappa shape index (κ2) is 9.43. The smallest absolute Gasteiger partial charge is 0.374 e. The van der Waals surface area contributed by atoms with Gasteiger partial charge in [-0.25, -0.2) is 4.79 Å². The number of carbonyl (C=O) groups is 3. The summed E-state index contributed by atoms with van der Waals surface area (Å²) >= 11 is 1.87. The van der Waals surface area contributed by atoms with Crippen molar-refractivity contribution >= 4 is 40.5 Å². The van der Waals surface area contributed by atoms with Crippen LogP contribution in [0.4, 0.5) is 0 Å². The van der Waals surface area contributed by atoms with Crippen molar-refractivity contribution < 1.29 is 23.5 Å². The van der Waals surface area contributed by atoms with E-state index in [-0.39, 0.29) is 30.7 Å². The van der Waals surface area contributed by atoms with Crippen molar-refractivity contribution in [3.8, 4) is 0 Å². The van der Waals surface area contributed by atoms with Gasteiger partial charge in [0, 0.05) is 22.0 Å². The van der Waals surface area contributed by atoms with Crippen LogP contribution in [-0.4, -0.2) is 41.1 Å². The molecule has 0 atom stereocenters. The standard InChI is InChI=1S/C26H25NO5S/c28-24-19-11-4-5-12-20(19)25(29)27(24)14-15-31-26(30)23-21(16-33-17-8-2-1-3-9-17)18-10-6-7-13-22(18)32-23/h4-7,10-13,17H,1-3,8-9,14-16H2. The quantitative estimate of drug-likeness (QED) is 0.342. The summed E-state index contributed by atoms with van der Waals surface area (Å²) in [4.78, 5) is 39.1. The van der Waals surface area contributed by atoms with Crippen molar-refractivity contribution in [2.24, 2.45) is 0 Å². The molecule has 7 heteroatoms. The molecule has 5 rings (SSSR count). The molecule has 6 nitrogen and oxygen atoms in total. The van der Waals surface area contributed by atoms with E-state index in [1.165, 1.54) is 32.1 Å². The van der Waals surface area contributed by atoms with E-state index in [1.54, 1.807) is 24.3 Å². The molecule has 1 saturated carbocycles. The number of hydrogen-bond donors (Lipinski definition) is 0. The second-order valence-electron chi connectivity index (χ2n) is 8.42. The average Bonchev–Trinajstić information content (AvgIpc) is 3.34. The number of fused-ring (bicyclic) bond motifs is 2. The van der Waals surface area contributed by atoms with Gasteiger partial charge >= 0.3 is 5.97 Å². The molecule has 1 aliphatic heterocycles. The lowest BCUT2D eigenvalue weighted by atomic mass is 10.0. The monoisotopic (exact) mass is 463 g/mol. The summed E-state index contributed by atoms with van der Waals surface area (Å²) in [6.45, 7) is -0.0823. The Morgan fingerprint density at radius 1 is 0.970 bits per heavy atom. The zero-order valence-electron chi connectivity index (χ0n) is 18.2. The molecular formula is C26H25NO5S. The predicted molar refractivity (Wildman–Crippen MR) is 126 cm³/mol. The van der Waals surface area contributed by atoms with Gasteiger partial charge in [-0.3, -0.25) is 14.5 Å². The maximum atomic E-state index is 12.9. The SMILES string of the molecule is O=C(OCCN1C(=O)c2ccccc2C1=O)c1oc2ccccc2c1CSC1CCCCC1. The van der Waals surface area contributed by atoms with E-state index in [4.69, 9.17) is 9.15 Å². The van der Waals surface area contributed by atoms with Gasteiger partial charge in [0.05, 0.1) is 17.7 Å². The second-order valence-corrected chi connectivity index (χ2v) is 9.71. The normalized spacial score (nSPS) is 16.4. The molecule has 0 unspecified atom stereocenters. The molecule has 0 N–H and O–H groups in total. The number of imide groups is 1. The van der Waals surface area contributed by atoms with Crippen molar-refractivity contribution in [2.45, 2.75) is 43.1 Å². The molecule has 1 aliphatic carbocycles. The molecule has 2 aromatic carbocycles. The zero-order chi connectivity index (χ0) is 22.8. The summed E-state index contributed by atoms with van der Waals surface area (Å²) in [5, 5.41) is 1.53. The fourth-order valence-electron chi connectivity index (χ4n) is 4.58. The highest BCUT2D eigenvalue weighted by molar-refractivity contribution is 7.99. The van der Waals surface area contributed by atoms with Crippen LogP contribution in [0.2, 0.25) is 0 Å². The van der Waals surface area contributed by atoms with Crippen LogP contribution in [-0.2, 0) is 10.5 Å². The van der Waals surface area contributed by atoms with Gasteiger partial charge in [-0.2, -0.15) is 11.8 Å². The van der Waals surface area contributed by atoms with Gasteiger partial charge in [0.1, 0.15) is 12.2 Å². The Morgan fingerprint density at radius 3 is 2.36 bits per heavy atom. The minimum Gasteiger partial charge on any atom is -0.458 e. The Hall–Kier alpha value is -3.06. The molecule has 0 saturated heterocycles. The number of para-hydroxylation sites is 1. The maximum absolute atomic E-state index is 12.9. The highest BCUT2D eigenvalue weighted by Crippen LogP contribution is 2.35. The first kappa shape index (κ1) is 21.8. The number of benzene rings is 2. The first-order chi connectivity index (χ1) is 16.1. The van der Waals surface area contributed by atoms with Crippen molar-refractivity contribution in [1.29, 1.82) is 0 Å². The van der Waals surface area contributed by atoms with E-state index in [2.05, 4.69) is 0 Å². The number of carbonyl (C=O) groups excluding carboxylic acids is 3. The Labute approximate surface area is 196 Å². The fraction of sp³-hybridized carbons (Fsp3) is 0.346. The van der Waals surface area contributed by atoms with Crippen molar-refractivity contribution in [3.63, 3.8) is 0 Å². The van der Waals surface area contributed by atoms with Crippen LogP contribution >= 0.6 is 11.8 Å². The van der Waals surface area contributed by atoms with Gasteiger partial charge < -0.3 is 9.15 Å². The number of furan rings is 1. The van der Waals surface area contributed by atoms with Crippen LogP contribution in [0.25, 0.3) is 11.0 Å². The number of ether oxygens (including phenoxy) is 1. The van der Waals surface area contributed by atoms with Crippen LogP contribution in [0.1, 0.15) is 68.9 Å². The molecule has 33 heavy (non-hydrogen) atoms. The molecule has 0 spiro atoms. The highest BCUT2D eigenvalue weighted by atomic mass is 32.2. The summed E-state index contributed by atoms with van der Waals surface area (Å²) in [7, 11) is 0. The lowest BCUT2D eigenvalue weighted by molar-refractivity contribution is 0.0394. The third kappa shape index (κ3) is 4.29. The Bertz CT molecular complexity index is 1180. The Morgan fingerprint density at radius 2 is 1.64 bits per heavy atom. The van der Waals surface area contributed by atoms with E-state index in [9.17, 15) is 14.4 Å². The van der Waals surface area contributed by atoms with Crippen molar-refractivity contribution in [2.75, 3.05) is 13.2 Å². The lowest BCUT2D eigenvalue weighted by Crippen LogP contribution is -2.33. The van der Waals surface area contributed by atoms with Gasteiger partial charge in [-0.1, -0.05) is 49.6 Å². The molecular weight excluding hydrogens is 438 g/mol. The molecule has 1 aromatic heterocycles. The largest absolute Gasteiger partial charge is 0.458 e. The number of hydrogen-bond acceptors (Lipinski definition) is 6. The molecule has 2 amide bonds. The summed E-state index contributed by atoms with van der Waals surface area (Å²) in [5.41, 5.74) is 2.28. The van der Waals surface area contributed by atoms with Gasteiger partial charge in [0.2, 0.25) is 5.76 Å². The molecule has 1 fully saturated rings. The fourth-order valence-corrected chi connectivity index (χ4v) is 5.93. The number of esters is 1. The summed E-state index contributed by atoms with van der Waals surface area (Å²) in [5.74, 6) is -0.395. The van der Waals surface area contributed by atoms with Crippen LogP contribution in [0.5, 0.6) is 0 Å². The number of rotatable bonds is 7. The molecule has 0 radical (unpaired) electrons. The van der Waals surface area contributed by atoms with Crippen molar-refractivity contribution in [3.05, 3.63) is 71.0 Å². The highest BCUT2D eigenvalue weighted by Gasteiger charge is 2.35. The number of amides is 2. The van der Waals surface area contributed by atoms with Crippen LogP contribution in [0.3, 0.4) is 0 Å². The van der Waals surface area contributed by atoms with Gasteiger partial charge in [0.25, 0.3) is 11.8 Å². The van der Waals surface area contributed by atoms with E-state index in [0.29, 0.717) is 27.7 Å².